The maximum Gasteiger partial charge on any atom is 0.131 e. The van der Waals surface area contributed by atoms with Crippen LogP contribution in [-0.4, -0.2) is 72.2 Å². The highest BCUT2D eigenvalue weighted by Crippen LogP contribution is 2.43. The number of nitrogens with one attached hydrogen (secondary N) is 2. The lowest BCUT2D eigenvalue weighted by Crippen LogP contribution is -2.29. The van der Waals surface area contributed by atoms with Gasteiger partial charge in [0.1, 0.15) is 17.9 Å². The number of fused-ring (bicyclic) bond motifs is 1. The van der Waals surface area contributed by atoms with E-state index < -0.39 is 0 Å². The molecule has 0 spiro atoms. The number of nitrogens with zero attached hydrogens (tertiary/aromatic N) is 6. The summed E-state index contributed by atoms with van der Waals surface area (Å²) in [5.74, 6) is 1.57. The Hall–Kier alpha value is -4.73. The van der Waals surface area contributed by atoms with E-state index >= 15 is 0 Å². The van der Waals surface area contributed by atoms with E-state index in [4.69, 9.17) is 9.97 Å². The molecule has 0 bridgehead atoms. The van der Waals surface area contributed by atoms with Crippen molar-refractivity contribution in [2.75, 3.05) is 26.2 Å². The number of pyridine rings is 2. The van der Waals surface area contributed by atoms with Gasteiger partial charge in [-0.2, -0.15) is 0 Å². The Morgan fingerprint density at radius 2 is 1.21 bits per heavy atom. The molecule has 2 aliphatic heterocycles. The summed E-state index contributed by atoms with van der Waals surface area (Å²) >= 11 is 0. The Labute approximate surface area is 275 Å². The molecule has 0 radical (unpaired) electrons. The number of benzene rings is 1. The number of piperidine rings is 2. The molecule has 2 fully saturated rings. The monoisotopic (exact) mass is 624 g/mol. The number of H-pyrrole nitrogens is 2. The lowest BCUT2D eigenvalue weighted by Gasteiger charge is -2.25. The third-order valence-corrected chi connectivity index (χ3v) is 9.81. The van der Waals surface area contributed by atoms with Crippen LogP contribution in [0, 0.1) is 0 Å². The minimum Gasteiger partial charge on any atom is -0.340 e. The van der Waals surface area contributed by atoms with Crippen LogP contribution in [0.1, 0.15) is 72.9 Å². The van der Waals surface area contributed by atoms with E-state index in [1.54, 1.807) is 12.4 Å². The summed E-state index contributed by atoms with van der Waals surface area (Å²) in [6, 6.07) is 14.5. The third-order valence-electron chi connectivity index (χ3n) is 9.81. The fraction of sp³-hybridized carbons (Fsp3) is 0.342. The van der Waals surface area contributed by atoms with Crippen LogP contribution in [-0.2, 0) is 17.9 Å². The fourth-order valence-corrected chi connectivity index (χ4v) is 7.42. The minimum atomic E-state index is -0.332. The van der Waals surface area contributed by atoms with Gasteiger partial charge in [-0.25, -0.2) is 9.97 Å². The number of allylic oxidation sites excluding steroid dienone is 1. The quantitative estimate of drug-likeness (QED) is 0.178. The van der Waals surface area contributed by atoms with Crippen molar-refractivity contribution in [3.8, 4) is 33.8 Å². The molecule has 1 atom stereocenters. The highest BCUT2D eigenvalue weighted by atomic mass is 16.1. The molecule has 47 heavy (non-hydrogen) atoms. The fourth-order valence-electron chi connectivity index (χ4n) is 7.42. The van der Waals surface area contributed by atoms with Gasteiger partial charge in [0.2, 0.25) is 0 Å². The summed E-state index contributed by atoms with van der Waals surface area (Å²) in [4.78, 5) is 43.7. The second-order valence-corrected chi connectivity index (χ2v) is 13.0. The summed E-state index contributed by atoms with van der Waals surface area (Å²) in [5, 5.41) is 0. The summed E-state index contributed by atoms with van der Waals surface area (Å²) in [5.41, 5.74) is 9.80. The molecule has 5 aromatic rings. The number of carbonyl (C=O) groups excluding carboxylic acids is 1. The van der Waals surface area contributed by atoms with E-state index in [9.17, 15) is 4.79 Å². The van der Waals surface area contributed by atoms with Crippen LogP contribution in [0.2, 0.25) is 0 Å². The topological polar surface area (TPSA) is 107 Å². The molecular formula is C38H40N8O. The Kier molecular flexibility index (Phi) is 8.31. The molecule has 1 unspecified atom stereocenters. The predicted molar refractivity (Wildman–Crippen MR) is 183 cm³/mol. The van der Waals surface area contributed by atoms with E-state index in [2.05, 4.69) is 54.0 Å². The lowest BCUT2D eigenvalue weighted by atomic mass is 9.95. The smallest absolute Gasteiger partial charge is 0.131 e. The van der Waals surface area contributed by atoms with Crippen molar-refractivity contribution in [1.29, 1.82) is 0 Å². The van der Waals surface area contributed by atoms with Crippen LogP contribution in [0.3, 0.4) is 0 Å². The summed E-state index contributed by atoms with van der Waals surface area (Å²) < 4.78 is 0. The number of likely N-dealkylation sites (tertiary alicyclic amines) is 2. The number of hydrogen-bond donors (Lipinski definition) is 2. The highest BCUT2D eigenvalue weighted by molar-refractivity contribution is 5.95. The van der Waals surface area contributed by atoms with E-state index in [-0.39, 0.29) is 5.92 Å². The predicted octanol–water partition coefficient (Wildman–Crippen LogP) is 6.62. The maximum absolute atomic E-state index is 12.4. The number of carbonyl (C=O) groups is 1. The van der Waals surface area contributed by atoms with Crippen molar-refractivity contribution in [3.63, 3.8) is 0 Å². The van der Waals surface area contributed by atoms with Crippen LogP contribution in [0.15, 0.2) is 73.3 Å². The molecule has 3 aliphatic rings. The summed E-state index contributed by atoms with van der Waals surface area (Å²) in [6.07, 6.45) is 17.9. The average molecular weight is 625 g/mol. The molecule has 6 heterocycles. The van der Waals surface area contributed by atoms with Crippen LogP contribution >= 0.6 is 0 Å². The first kappa shape index (κ1) is 29.7. The number of aldehydes is 1. The molecule has 8 rings (SSSR count). The molecule has 9 heteroatoms. The molecule has 2 saturated heterocycles. The lowest BCUT2D eigenvalue weighted by molar-refractivity contribution is -0.108. The van der Waals surface area contributed by atoms with Gasteiger partial charge in [-0.3, -0.25) is 19.8 Å². The number of rotatable bonds is 9. The Balaban J connectivity index is 1.21. The first-order valence-corrected chi connectivity index (χ1v) is 17.0. The molecule has 1 aliphatic carbocycles. The normalized spacial score (nSPS) is 18.6. The van der Waals surface area contributed by atoms with Crippen molar-refractivity contribution in [2.45, 2.75) is 57.5 Å². The van der Waals surface area contributed by atoms with Crippen molar-refractivity contribution in [2.24, 2.45) is 0 Å². The molecule has 2 N–H and O–H groups in total. The van der Waals surface area contributed by atoms with Gasteiger partial charge < -0.3 is 14.8 Å². The van der Waals surface area contributed by atoms with Gasteiger partial charge in [0, 0.05) is 47.1 Å². The van der Waals surface area contributed by atoms with E-state index in [0.29, 0.717) is 0 Å². The zero-order valence-electron chi connectivity index (χ0n) is 26.7. The Morgan fingerprint density at radius 3 is 1.81 bits per heavy atom. The van der Waals surface area contributed by atoms with Gasteiger partial charge in [-0.05, 0) is 93.3 Å². The first-order chi connectivity index (χ1) is 23.2. The summed E-state index contributed by atoms with van der Waals surface area (Å²) in [6.45, 7) is 5.95. The van der Waals surface area contributed by atoms with E-state index in [0.717, 1.165) is 113 Å². The second-order valence-electron chi connectivity index (χ2n) is 13.0. The SMILES string of the molecule is O=CC1C=C(c2[nH]c(CN3CCCCC3)nc2-c2ccncc2)c2cc(-c3nc(CN4CCCCC4)[nH]c3-c3ccncc3)ccc21. The minimum absolute atomic E-state index is 0.332. The molecule has 0 amide bonds. The largest absolute Gasteiger partial charge is 0.340 e. The highest BCUT2D eigenvalue weighted by Gasteiger charge is 2.29. The number of imidazole rings is 2. The van der Waals surface area contributed by atoms with Crippen molar-refractivity contribution >= 4 is 11.9 Å². The molecule has 238 valence electrons. The molecule has 4 aromatic heterocycles. The number of aromatic amines is 2. The van der Waals surface area contributed by atoms with Gasteiger partial charge in [-0.1, -0.05) is 31.1 Å². The third kappa shape index (κ3) is 6.08. The van der Waals surface area contributed by atoms with Gasteiger partial charge in [-0.15, -0.1) is 0 Å². The van der Waals surface area contributed by atoms with E-state index in [1.807, 2.05) is 36.7 Å². The standard InChI is InChI=1S/C38H40N8O/c47-25-29-22-32(38-36(27-11-15-40-16-12-27)42-34(44-38)24-46-19-5-2-6-20-46)31-21-28(7-8-30(29)31)37-35(26-9-13-39-14-10-26)41-33(43-37)23-45-17-3-1-4-18-45/h7-16,21-22,25,29H,1-6,17-20,23-24H2,(H,41,43)(H,42,44). The van der Waals surface area contributed by atoms with E-state index in [1.165, 1.54) is 38.5 Å². The van der Waals surface area contributed by atoms with Crippen LogP contribution < -0.4 is 0 Å². The Bertz CT molecular complexity index is 1880. The van der Waals surface area contributed by atoms with Gasteiger partial charge >= 0.3 is 0 Å². The molecule has 0 saturated carbocycles. The zero-order valence-corrected chi connectivity index (χ0v) is 26.7. The molecule has 9 nitrogen and oxygen atoms in total. The Morgan fingerprint density at radius 1 is 0.660 bits per heavy atom. The van der Waals surface area contributed by atoms with Crippen molar-refractivity contribution < 1.29 is 4.79 Å². The van der Waals surface area contributed by atoms with Crippen molar-refractivity contribution in [1.82, 2.24) is 39.7 Å². The second kappa shape index (κ2) is 13.2. The van der Waals surface area contributed by atoms with Gasteiger partial charge in [0.05, 0.1) is 41.8 Å². The maximum atomic E-state index is 12.4. The van der Waals surface area contributed by atoms with Crippen LogP contribution in [0.4, 0.5) is 0 Å². The van der Waals surface area contributed by atoms with Crippen LogP contribution in [0.25, 0.3) is 39.3 Å². The van der Waals surface area contributed by atoms with Crippen LogP contribution in [0.5, 0.6) is 0 Å². The number of aromatic nitrogens is 6. The number of hydrogen-bond acceptors (Lipinski definition) is 7. The zero-order chi connectivity index (χ0) is 31.6. The van der Waals surface area contributed by atoms with Gasteiger partial charge in [0.15, 0.2) is 0 Å². The van der Waals surface area contributed by atoms with Crippen molar-refractivity contribution in [3.05, 3.63) is 102 Å². The first-order valence-electron chi connectivity index (χ1n) is 17.0. The summed E-state index contributed by atoms with van der Waals surface area (Å²) in [7, 11) is 0. The average Bonchev–Trinajstić information content (AvgIpc) is 3.85. The molecular weight excluding hydrogens is 584 g/mol. The van der Waals surface area contributed by atoms with Gasteiger partial charge in [0.25, 0.3) is 0 Å². The molecule has 1 aromatic carbocycles.